The second kappa shape index (κ2) is 5.38. The Morgan fingerprint density at radius 2 is 2.07 bits per heavy atom. The van der Waals surface area contributed by atoms with Gasteiger partial charge in [0.05, 0.1) is 0 Å². The summed E-state index contributed by atoms with van der Waals surface area (Å²) in [6.45, 7) is 7.44. The average molecular weight is 212 g/mol. The van der Waals surface area contributed by atoms with E-state index in [4.69, 9.17) is 11.6 Å². The SMILES string of the molecule is CCNC(CC)c1ccc(Cl)cc1C. The van der Waals surface area contributed by atoms with Crippen LogP contribution in [0, 0.1) is 6.92 Å². The lowest BCUT2D eigenvalue weighted by Gasteiger charge is -2.18. The minimum Gasteiger partial charge on any atom is -0.310 e. The molecule has 78 valence electrons. The molecule has 1 aromatic rings. The number of halogens is 1. The number of nitrogens with one attached hydrogen (secondary N) is 1. The first kappa shape index (κ1) is 11.5. The minimum absolute atomic E-state index is 0.456. The van der Waals surface area contributed by atoms with Crippen LogP contribution in [0.25, 0.3) is 0 Å². The predicted molar refractivity (Wildman–Crippen MR) is 62.9 cm³/mol. The lowest BCUT2D eigenvalue weighted by Crippen LogP contribution is -2.20. The highest BCUT2D eigenvalue weighted by atomic mass is 35.5. The maximum Gasteiger partial charge on any atom is 0.0408 e. The van der Waals surface area contributed by atoms with Crippen LogP contribution in [0.4, 0.5) is 0 Å². The van der Waals surface area contributed by atoms with Gasteiger partial charge < -0.3 is 5.32 Å². The Balaban J connectivity index is 2.92. The lowest BCUT2D eigenvalue weighted by molar-refractivity contribution is 0.535. The molecule has 0 radical (unpaired) electrons. The van der Waals surface area contributed by atoms with E-state index in [-0.39, 0.29) is 0 Å². The molecular weight excluding hydrogens is 194 g/mol. The van der Waals surface area contributed by atoms with Crippen LogP contribution in [0.1, 0.15) is 37.4 Å². The normalized spacial score (nSPS) is 12.9. The van der Waals surface area contributed by atoms with Gasteiger partial charge in [-0.25, -0.2) is 0 Å². The zero-order chi connectivity index (χ0) is 10.6. The van der Waals surface area contributed by atoms with Crippen molar-refractivity contribution in [3.8, 4) is 0 Å². The molecule has 0 heterocycles. The van der Waals surface area contributed by atoms with E-state index in [1.807, 2.05) is 12.1 Å². The van der Waals surface area contributed by atoms with E-state index in [9.17, 15) is 0 Å². The van der Waals surface area contributed by atoms with Crippen LogP contribution < -0.4 is 5.32 Å². The molecule has 0 fully saturated rings. The maximum atomic E-state index is 5.92. The van der Waals surface area contributed by atoms with E-state index < -0.39 is 0 Å². The molecule has 0 aliphatic carbocycles. The Hall–Kier alpha value is -0.530. The van der Waals surface area contributed by atoms with E-state index in [1.165, 1.54) is 11.1 Å². The molecule has 1 atom stereocenters. The zero-order valence-electron chi connectivity index (χ0n) is 9.10. The maximum absolute atomic E-state index is 5.92. The van der Waals surface area contributed by atoms with Crippen molar-refractivity contribution < 1.29 is 0 Å². The third-order valence-electron chi connectivity index (χ3n) is 2.47. The number of benzene rings is 1. The summed E-state index contributed by atoms with van der Waals surface area (Å²) in [6.07, 6.45) is 1.11. The Bertz CT molecular complexity index is 296. The first-order chi connectivity index (χ1) is 6.69. The van der Waals surface area contributed by atoms with Crippen LogP contribution in [0.2, 0.25) is 5.02 Å². The molecule has 1 nitrogen and oxygen atoms in total. The van der Waals surface area contributed by atoms with Crippen LogP contribution in [-0.4, -0.2) is 6.54 Å². The summed E-state index contributed by atoms with van der Waals surface area (Å²) in [5.41, 5.74) is 2.63. The van der Waals surface area contributed by atoms with Crippen molar-refractivity contribution in [3.63, 3.8) is 0 Å². The van der Waals surface area contributed by atoms with Crippen molar-refractivity contribution in [3.05, 3.63) is 34.3 Å². The molecule has 0 aliphatic heterocycles. The monoisotopic (exact) mass is 211 g/mol. The van der Waals surface area contributed by atoms with Gasteiger partial charge >= 0.3 is 0 Å². The van der Waals surface area contributed by atoms with Crippen molar-refractivity contribution in [2.24, 2.45) is 0 Å². The fourth-order valence-electron chi connectivity index (χ4n) is 1.75. The van der Waals surface area contributed by atoms with Crippen molar-refractivity contribution in [1.29, 1.82) is 0 Å². The van der Waals surface area contributed by atoms with Gasteiger partial charge in [0, 0.05) is 11.1 Å². The Morgan fingerprint density at radius 1 is 1.36 bits per heavy atom. The molecule has 0 aliphatic rings. The largest absolute Gasteiger partial charge is 0.310 e. The highest BCUT2D eigenvalue weighted by molar-refractivity contribution is 6.30. The summed E-state index contributed by atoms with van der Waals surface area (Å²) < 4.78 is 0. The number of hydrogen-bond donors (Lipinski definition) is 1. The van der Waals surface area contributed by atoms with Gasteiger partial charge in [0.25, 0.3) is 0 Å². The minimum atomic E-state index is 0.456. The Morgan fingerprint density at radius 3 is 2.57 bits per heavy atom. The van der Waals surface area contributed by atoms with Gasteiger partial charge in [-0.2, -0.15) is 0 Å². The van der Waals surface area contributed by atoms with Crippen LogP contribution in [0.5, 0.6) is 0 Å². The van der Waals surface area contributed by atoms with Crippen molar-refractivity contribution in [2.45, 2.75) is 33.2 Å². The van der Waals surface area contributed by atoms with E-state index in [1.54, 1.807) is 0 Å². The van der Waals surface area contributed by atoms with Gasteiger partial charge in [-0.1, -0.05) is 31.5 Å². The topological polar surface area (TPSA) is 12.0 Å². The van der Waals surface area contributed by atoms with Crippen molar-refractivity contribution in [1.82, 2.24) is 5.32 Å². The van der Waals surface area contributed by atoms with E-state index in [2.05, 4.69) is 32.2 Å². The molecule has 0 saturated heterocycles. The van der Waals surface area contributed by atoms with E-state index in [0.717, 1.165) is 18.0 Å². The first-order valence-electron chi connectivity index (χ1n) is 5.18. The van der Waals surface area contributed by atoms with Gasteiger partial charge in [-0.15, -0.1) is 0 Å². The van der Waals surface area contributed by atoms with Gasteiger partial charge in [0.2, 0.25) is 0 Å². The predicted octanol–water partition coefficient (Wildman–Crippen LogP) is 3.71. The molecule has 0 bridgehead atoms. The van der Waals surface area contributed by atoms with Gasteiger partial charge in [0.15, 0.2) is 0 Å². The van der Waals surface area contributed by atoms with Crippen LogP contribution in [0.15, 0.2) is 18.2 Å². The van der Waals surface area contributed by atoms with Gasteiger partial charge in [-0.05, 0) is 43.1 Å². The van der Waals surface area contributed by atoms with Crippen LogP contribution in [-0.2, 0) is 0 Å². The fourth-order valence-corrected chi connectivity index (χ4v) is 1.98. The molecule has 0 aromatic heterocycles. The highest BCUT2D eigenvalue weighted by Gasteiger charge is 2.09. The fraction of sp³-hybridized carbons (Fsp3) is 0.500. The highest BCUT2D eigenvalue weighted by Crippen LogP contribution is 2.23. The van der Waals surface area contributed by atoms with Crippen molar-refractivity contribution >= 4 is 11.6 Å². The summed E-state index contributed by atoms with van der Waals surface area (Å²) in [4.78, 5) is 0. The van der Waals surface area contributed by atoms with E-state index >= 15 is 0 Å². The molecule has 1 unspecified atom stereocenters. The molecule has 2 heteroatoms. The standard InChI is InChI=1S/C12H18ClN/c1-4-12(14-5-2)11-7-6-10(13)8-9(11)3/h6-8,12,14H,4-5H2,1-3H3. The third kappa shape index (κ3) is 2.73. The summed E-state index contributed by atoms with van der Waals surface area (Å²) in [5, 5.41) is 4.28. The first-order valence-corrected chi connectivity index (χ1v) is 5.56. The summed E-state index contributed by atoms with van der Waals surface area (Å²) in [7, 11) is 0. The molecule has 14 heavy (non-hydrogen) atoms. The number of rotatable bonds is 4. The second-order valence-electron chi connectivity index (χ2n) is 3.52. The summed E-state index contributed by atoms with van der Waals surface area (Å²) >= 11 is 5.92. The molecular formula is C12H18ClN. The molecule has 0 spiro atoms. The zero-order valence-corrected chi connectivity index (χ0v) is 9.86. The van der Waals surface area contributed by atoms with E-state index in [0.29, 0.717) is 6.04 Å². The summed E-state index contributed by atoms with van der Waals surface area (Å²) in [6, 6.07) is 6.56. The summed E-state index contributed by atoms with van der Waals surface area (Å²) in [5.74, 6) is 0. The number of hydrogen-bond acceptors (Lipinski definition) is 1. The van der Waals surface area contributed by atoms with Gasteiger partial charge in [-0.3, -0.25) is 0 Å². The smallest absolute Gasteiger partial charge is 0.0408 e. The Labute approximate surface area is 91.5 Å². The Kier molecular flexibility index (Phi) is 4.43. The van der Waals surface area contributed by atoms with Gasteiger partial charge in [0.1, 0.15) is 0 Å². The molecule has 1 rings (SSSR count). The molecule has 0 amide bonds. The van der Waals surface area contributed by atoms with Crippen molar-refractivity contribution in [2.75, 3.05) is 6.54 Å². The van der Waals surface area contributed by atoms with Crippen LogP contribution >= 0.6 is 11.6 Å². The third-order valence-corrected chi connectivity index (χ3v) is 2.70. The second-order valence-corrected chi connectivity index (χ2v) is 3.96. The molecule has 1 aromatic carbocycles. The number of aryl methyl sites for hydroxylation is 1. The average Bonchev–Trinajstić information content (AvgIpc) is 2.15. The van der Waals surface area contributed by atoms with Crippen LogP contribution in [0.3, 0.4) is 0 Å². The quantitative estimate of drug-likeness (QED) is 0.801. The molecule has 0 saturated carbocycles. The lowest BCUT2D eigenvalue weighted by atomic mass is 9.99. The molecule has 1 N–H and O–H groups in total.